The molecule has 0 amide bonds. The van der Waals surface area contributed by atoms with E-state index in [0.29, 0.717) is 6.54 Å². The Hall–Kier alpha value is -1.84. The van der Waals surface area contributed by atoms with Gasteiger partial charge in [-0.15, -0.1) is 0 Å². The Morgan fingerprint density at radius 3 is 2.19 bits per heavy atom. The third kappa shape index (κ3) is 2.82. The van der Waals surface area contributed by atoms with Crippen molar-refractivity contribution in [1.29, 1.82) is 0 Å². The van der Waals surface area contributed by atoms with E-state index in [9.17, 15) is 0 Å². The van der Waals surface area contributed by atoms with Gasteiger partial charge in [0.05, 0.1) is 0 Å². The van der Waals surface area contributed by atoms with Gasteiger partial charge < -0.3 is 10.5 Å². The molecule has 0 aliphatic rings. The average molecular weight is 213 g/mol. The molecule has 0 bridgehead atoms. The summed E-state index contributed by atoms with van der Waals surface area (Å²) in [5, 5.41) is 11.8. The summed E-state index contributed by atoms with van der Waals surface area (Å²) in [6.45, 7) is 0.459. The van der Waals surface area contributed by atoms with Crippen LogP contribution in [-0.2, 0) is 6.54 Å². The largest absolute Gasteiger partial charge is 0.356 e. The number of nitrogens with one attached hydrogen (secondary N) is 2. The molecule has 0 aliphatic carbocycles. The standard InChI is InChI=1S/C13H13N2O/c16-14-10-11-6-8-13(9-7-11)15-12-4-2-1-3-5-12/h2-9,14-16H,10H2. The molecule has 3 heteroatoms. The first-order chi connectivity index (χ1) is 7.88. The van der Waals surface area contributed by atoms with E-state index < -0.39 is 0 Å². The van der Waals surface area contributed by atoms with Crippen LogP contribution in [0.4, 0.5) is 11.4 Å². The molecular formula is C13H13N2O. The van der Waals surface area contributed by atoms with Gasteiger partial charge in [0, 0.05) is 17.9 Å². The highest BCUT2D eigenvalue weighted by molar-refractivity contribution is 5.59. The summed E-state index contributed by atoms with van der Waals surface area (Å²) in [6.07, 6.45) is 0. The number of benzene rings is 2. The van der Waals surface area contributed by atoms with Gasteiger partial charge in [-0.25, -0.2) is 5.48 Å². The fraction of sp³-hybridized carbons (Fsp3) is 0.0769. The van der Waals surface area contributed by atoms with Crippen LogP contribution in [0.15, 0.2) is 48.5 Å². The van der Waals surface area contributed by atoms with E-state index in [1.165, 1.54) is 0 Å². The van der Waals surface area contributed by atoms with Gasteiger partial charge in [-0.2, -0.15) is 0 Å². The van der Waals surface area contributed by atoms with E-state index in [1.54, 1.807) is 0 Å². The van der Waals surface area contributed by atoms with Crippen LogP contribution in [0.3, 0.4) is 0 Å². The summed E-state index contributed by atoms with van der Waals surface area (Å²) in [5.41, 5.74) is 5.22. The second-order valence-corrected chi connectivity index (χ2v) is 3.45. The van der Waals surface area contributed by atoms with Crippen molar-refractivity contribution in [2.45, 2.75) is 6.54 Å². The second kappa shape index (κ2) is 5.30. The van der Waals surface area contributed by atoms with Crippen LogP contribution in [-0.4, -0.2) is 5.21 Å². The average Bonchev–Trinajstić information content (AvgIpc) is 2.33. The first kappa shape index (κ1) is 10.7. The lowest BCUT2D eigenvalue weighted by Crippen LogP contribution is -2.05. The zero-order valence-electron chi connectivity index (χ0n) is 8.77. The molecule has 0 aliphatic heterocycles. The molecule has 2 rings (SSSR count). The summed E-state index contributed by atoms with van der Waals surface area (Å²) >= 11 is 0. The van der Waals surface area contributed by atoms with Crippen LogP contribution in [0, 0.1) is 6.07 Å². The molecular weight excluding hydrogens is 200 g/mol. The van der Waals surface area contributed by atoms with E-state index in [0.717, 1.165) is 16.9 Å². The normalized spacial score (nSPS) is 10.1. The molecule has 1 radical (unpaired) electrons. The third-order valence-corrected chi connectivity index (χ3v) is 2.24. The third-order valence-electron chi connectivity index (χ3n) is 2.24. The summed E-state index contributed by atoms with van der Waals surface area (Å²) in [6, 6.07) is 18.5. The van der Waals surface area contributed by atoms with Gasteiger partial charge in [-0.1, -0.05) is 24.3 Å². The van der Waals surface area contributed by atoms with E-state index in [1.807, 2.05) is 48.5 Å². The van der Waals surface area contributed by atoms with Crippen molar-refractivity contribution in [3.8, 4) is 0 Å². The van der Waals surface area contributed by atoms with Crippen molar-refractivity contribution in [2.24, 2.45) is 0 Å². The minimum absolute atomic E-state index is 0.459. The molecule has 0 spiro atoms. The Morgan fingerprint density at radius 2 is 1.56 bits per heavy atom. The van der Waals surface area contributed by atoms with Crippen LogP contribution in [0.5, 0.6) is 0 Å². The summed E-state index contributed by atoms with van der Waals surface area (Å²) in [5.74, 6) is 0. The zero-order valence-corrected chi connectivity index (χ0v) is 8.77. The molecule has 0 unspecified atom stereocenters. The smallest absolute Gasteiger partial charge is 0.0458 e. The van der Waals surface area contributed by atoms with E-state index >= 15 is 0 Å². The Balaban J connectivity index is 2.05. The fourth-order valence-corrected chi connectivity index (χ4v) is 1.43. The Kier molecular flexibility index (Phi) is 3.53. The van der Waals surface area contributed by atoms with Crippen LogP contribution in [0.1, 0.15) is 5.56 Å². The van der Waals surface area contributed by atoms with Crippen molar-refractivity contribution < 1.29 is 5.21 Å². The minimum atomic E-state index is 0.459. The number of hydroxylamine groups is 1. The van der Waals surface area contributed by atoms with E-state index in [-0.39, 0.29) is 0 Å². The molecule has 0 heterocycles. The highest BCUT2D eigenvalue weighted by Crippen LogP contribution is 2.16. The molecule has 3 nitrogen and oxygen atoms in total. The predicted molar refractivity (Wildman–Crippen MR) is 63.6 cm³/mol. The molecule has 16 heavy (non-hydrogen) atoms. The van der Waals surface area contributed by atoms with Gasteiger partial charge in [0.25, 0.3) is 0 Å². The summed E-state index contributed by atoms with van der Waals surface area (Å²) in [4.78, 5) is 0. The SMILES string of the molecule is ONCc1ccc(Nc2cc[c]cc2)cc1. The van der Waals surface area contributed by atoms with Gasteiger partial charge in [-0.05, 0) is 35.9 Å². The Bertz CT molecular complexity index is 425. The number of rotatable bonds is 4. The predicted octanol–water partition coefficient (Wildman–Crippen LogP) is 2.71. The van der Waals surface area contributed by atoms with E-state index in [4.69, 9.17) is 5.21 Å². The molecule has 3 N–H and O–H groups in total. The molecule has 81 valence electrons. The maximum Gasteiger partial charge on any atom is 0.0458 e. The second-order valence-electron chi connectivity index (χ2n) is 3.45. The number of hydrogen-bond donors (Lipinski definition) is 3. The van der Waals surface area contributed by atoms with Crippen molar-refractivity contribution in [3.63, 3.8) is 0 Å². The zero-order chi connectivity index (χ0) is 11.2. The van der Waals surface area contributed by atoms with E-state index in [2.05, 4.69) is 16.9 Å². The quantitative estimate of drug-likeness (QED) is 0.684. The maximum atomic E-state index is 8.56. The van der Waals surface area contributed by atoms with Crippen molar-refractivity contribution in [1.82, 2.24) is 5.48 Å². The van der Waals surface area contributed by atoms with Gasteiger partial charge in [0.2, 0.25) is 0 Å². The van der Waals surface area contributed by atoms with Crippen LogP contribution in [0.2, 0.25) is 0 Å². The number of anilines is 2. The molecule has 0 fully saturated rings. The van der Waals surface area contributed by atoms with Crippen LogP contribution >= 0.6 is 0 Å². The molecule has 0 saturated carbocycles. The van der Waals surface area contributed by atoms with Gasteiger partial charge >= 0.3 is 0 Å². The lowest BCUT2D eigenvalue weighted by Gasteiger charge is -2.06. The maximum absolute atomic E-state index is 8.56. The van der Waals surface area contributed by atoms with Crippen LogP contribution in [0.25, 0.3) is 0 Å². The molecule has 0 saturated heterocycles. The summed E-state index contributed by atoms with van der Waals surface area (Å²) < 4.78 is 0. The van der Waals surface area contributed by atoms with Crippen molar-refractivity contribution in [3.05, 3.63) is 60.2 Å². The van der Waals surface area contributed by atoms with Crippen molar-refractivity contribution >= 4 is 11.4 Å². The Morgan fingerprint density at radius 1 is 0.938 bits per heavy atom. The van der Waals surface area contributed by atoms with Gasteiger partial charge in [-0.3, -0.25) is 0 Å². The van der Waals surface area contributed by atoms with Crippen LogP contribution < -0.4 is 10.8 Å². The number of hydrogen-bond acceptors (Lipinski definition) is 3. The molecule has 0 aromatic heterocycles. The summed E-state index contributed by atoms with van der Waals surface area (Å²) in [7, 11) is 0. The fourth-order valence-electron chi connectivity index (χ4n) is 1.43. The first-order valence-corrected chi connectivity index (χ1v) is 5.07. The molecule has 2 aromatic rings. The lowest BCUT2D eigenvalue weighted by molar-refractivity contribution is 0.161. The Labute approximate surface area is 94.7 Å². The minimum Gasteiger partial charge on any atom is -0.356 e. The molecule has 0 atom stereocenters. The van der Waals surface area contributed by atoms with Gasteiger partial charge in [0.15, 0.2) is 0 Å². The lowest BCUT2D eigenvalue weighted by atomic mass is 10.2. The monoisotopic (exact) mass is 213 g/mol. The van der Waals surface area contributed by atoms with Crippen molar-refractivity contribution in [2.75, 3.05) is 5.32 Å². The highest BCUT2D eigenvalue weighted by atomic mass is 16.5. The first-order valence-electron chi connectivity index (χ1n) is 5.07. The molecule has 2 aromatic carbocycles. The van der Waals surface area contributed by atoms with Gasteiger partial charge in [0.1, 0.15) is 0 Å². The topological polar surface area (TPSA) is 44.3 Å². The highest BCUT2D eigenvalue weighted by Gasteiger charge is 1.94.